The molecule has 0 spiro atoms. The number of hydrogen-bond acceptors (Lipinski definition) is 2. The van der Waals surface area contributed by atoms with Crippen LogP contribution < -0.4 is 5.32 Å². The highest BCUT2D eigenvalue weighted by Gasteiger charge is 2.07. The van der Waals surface area contributed by atoms with Crippen LogP contribution in [0.2, 0.25) is 0 Å². The Bertz CT molecular complexity index is 570. The summed E-state index contributed by atoms with van der Waals surface area (Å²) >= 11 is 0. The second-order valence-electron chi connectivity index (χ2n) is 4.07. The maximum Gasteiger partial charge on any atom is 0.163 e. The number of hydrogen-bond donors (Lipinski definition) is 2. The van der Waals surface area contributed by atoms with Gasteiger partial charge in [-0.15, -0.1) is 0 Å². The van der Waals surface area contributed by atoms with Crippen molar-refractivity contribution in [2.45, 2.75) is 13.5 Å². The van der Waals surface area contributed by atoms with Crippen molar-refractivity contribution in [3.05, 3.63) is 59.2 Å². The van der Waals surface area contributed by atoms with E-state index in [9.17, 15) is 13.9 Å². The molecule has 2 aromatic rings. The molecular weight excluding hydrogens is 236 g/mol. The third-order valence-electron chi connectivity index (χ3n) is 2.72. The van der Waals surface area contributed by atoms with Gasteiger partial charge in [0.1, 0.15) is 5.75 Å². The van der Waals surface area contributed by atoms with E-state index in [4.69, 9.17) is 0 Å². The van der Waals surface area contributed by atoms with Gasteiger partial charge in [0.25, 0.3) is 0 Å². The number of aromatic hydroxyl groups is 1. The minimum Gasteiger partial charge on any atom is -0.508 e. The van der Waals surface area contributed by atoms with Gasteiger partial charge in [-0.25, -0.2) is 8.78 Å². The van der Waals surface area contributed by atoms with E-state index in [1.54, 1.807) is 25.1 Å². The predicted octanol–water partition coefficient (Wildman–Crippen LogP) is 3.59. The normalized spacial score (nSPS) is 10.4. The Kier molecular flexibility index (Phi) is 3.46. The summed E-state index contributed by atoms with van der Waals surface area (Å²) in [5, 5.41) is 12.5. The van der Waals surface area contributed by atoms with Crippen molar-refractivity contribution in [3.63, 3.8) is 0 Å². The lowest BCUT2D eigenvalue weighted by atomic mass is 10.1. The van der Waals surface area contributed by atoms with Crippen LogP contribution in [0.15, 0.2) is 36.4 Å². The number of halogens is 2. The van der Waals surface area contributed by atoms with Gasteiger partial charge in [0, 0.05) is 23.9 Å². The molecule has 0 bridgehead atoms. The molecule has 0 fully saturated rings. The van der Waals surface area contributed by atoms with E-state index in [1.807, 2.05) is 0 Å². The van der Waals surface area contributed by atoms with Gasteiger partial charge >= 0.3 is 0 Å². The third-order valence-corrected chi connectivity index (χ3v) is 2.72. The first-order valence-electron chi connectivity index (χ1n) is 5.54. The monoisotopic (exact) mass is 249 g/mol. The molecular formula is C14H13F2NO. The van der Waals surface area contributed by atoms with E-state index in [2.05, 4.69) is 5.32 Å². The molecule has 0 saturated heterocycles. The van der Waals surface area contributed by atoms with Crippen molar-refractivity contribution in [1.82, 2.24) is 0 Å². The largest absolute Gasteiger partial charge is 0.508 e. The number of benzene rings is 2. The average molecular weight is 249 g/mol. The Hall–Kier alpha value is -2.10. The molecule has 2 aromatic carbocycles. The van der Waals surface area contributed by atoms with Crippen LogP contribution >= 0.6 is 0 Å². The van der Waals surface area contributed by atoms with Crippen LogP contribution in [0.25, 0.3) is 0 Å². The van der Waals surface area contributed by atoms with E-state index >= 15 is 0 Å². The first-order chi connectivity index (χ1) is 8.58. The predicted molar refractivity (Wildman–Crippen MR) is 66.5 cm³/mol. The Morgan fingerprint density at radius 3 is 2.67 bits per heavy atom. The summed E-state index contributed by atoms with van der Waals surface area (Å²) in [7, 11) is 0. The zero-order chi connectivity index (χ0) is 13.1. The summed E-state index contributed by atoms with van der Waals surface area (Å²) in [6.45, 7) is 1.94. The highest BCUT2D eigenvalue weighted by Crippen LogP contribution is 2.21. The van der Waals surface area contributed by atoms with Gasteiger partial charge in [0.05, 0.1) is 0 Å². The molecule has 0 atom stereocenters. The van der Waals surface area contributed by atoms with Gasteiger partial charge in [0.15, 0.2) is 11.6 Å². The third kappa shape index (κ3) is 2.59. The van der Waals surface area contributed by atoms with Crippen LogP contribution in [0, 0.1) is 18.6 Å². The van der Waals surface area contributed by atoms with Crippen LogP contribution in [0.3, 0.4) is 0 Å². The Morgan fingerprint density at radius 2 is 1.94 bits per heavy atom. The zero-order valence-electron chi connectivity index (χ0n) is 9.87. The highest BCUT2D eigenvalue weighted by molar-refractivity contribution is 5.51. The molecule has 0 heterocycles. The van der Waals surface area contributed by atoms with Crippen molar-refractivity contribution in [3.8, 4) is 5.75 Å². The SMILES string of the molecule is Cc1ccc(NCc2cccc(F)c2F)cc1O. The Labute approximate surface area is 104 Å². The number of aryl methyl sites for hydroxylation is 1. The fourth-order valence-corrected chi connectivity index (χ4v) is 1.60. The molecule has 0 amide bonds. The minimum absolute atomic E-state index is 0.159. The lowest BCUT2D eigenvalue weighted by Gasteiger charge is -2.09. The number of phenolic OH excluding ortho intramolecular Hbond substituents is 1. The van der Waals surface area contributed by atoms with Crippen LogP contribution in [-0.4, -0.2) is 5.11 Å². The van der Waals surface area contributed by atoms with Gasteiger partial charge in [-0.2, -0.15) is 0 Å². The highest BCUT2D eigenvalue weighted by atomic mass is 19.2. The standard InChI is InChI=1S/C14H13F2NO/c1-9-5-6-11(7-13(9)18)17-8-10-3-2-4-12(15)14(10)16/h2-7,17-18H,8H2,1H3. The molecule has 0 aliphatic rings. The summed E-state index contributed by atoms with van der Waals surface area (Å²) in [4.78, 5) is 0. The Balaban J connectivity index is 2.11. The van der Waals surface area contributed by atoms with Gasteiger partial charge in [-0.3, -0.25) is 0 Å². The van der Waals surface area contributed by atoms with Crippen molar-refractivity contribution in [1.29, 1.82) is 0 Å². The van der Waals surface area contributed by atoms with E-state index in [0.717, 1.165) is 11.6 Å². The second kappa shape index (κ2) is 5.04. The maximum absolute atomic E-state index is 13.4. The van der Waals surface area contributed by atoms with E-state index in [0.29, 0.717) is 5.69 Å². The van der Waals surface area contributed by atoms with E-state index in [1.165, 1.54) is 12.1 Å². The van der Waals surface area contributed by atoms with Crippen molar-refractivity contribution >= 4 is 5.69 Å². The lowest BCUT2D eigenvalue weighted by molar-refractivity contribution is 0.471. The average Bonchev–Trinajstić information content (AvgIpc) is 2.35. The van der Waals surface area contributed by atoms with Gasteiger partial charge < -0.3 is 10.4 Å². The molecule has 0 aliphatic carbocycles. The molecule has 94 valence electrons. The number of anilines is 1. The molecule has 0 unspecified atom stereocenters. The molecule has 18 heavy (non-hydrogen) atoms. The number of rotatable bonds is 3. The van der Waals surface area contributed by atoms with Crippen LogP contribution in [0.1, 0.15) is 11.1 Å². The summed E-state index contributed by atoms with van der Waals surface area (Å²) in [6.07, 6.45) is 0. The fraction of sp³-hybridized carbons (Fsp3) is 0.143. The number of phenols is 1. The summed E-state index contributed by atoms with van der Waals surface area (Å²) in [5.74, 6) is -1.54. The topological polar surface area (TPSA) is 32.3 Å². The van der Waals surface area contributed by atoms with Gasteiger partial charge in [-0.05, 0) is 24.6 Å². The van der Waals surface area contributed by atoms with Crippen molar-refractivity contribution in [2.24, 2.45) is 0 Å². The minimum atomic E-state index is -0.860. The summed E-state index contributed by atoms with van der Waals surface area (Å²) in [5.41, 5.74) is 1.66. The van der Waals surface area contributed by atoms with Crippen LogP contribution in [-0.2, 0) is 6.54 Å². The lowest BCUT2D eigenvalue weighted by Crippen LogP contribution is -2.03. The smallest absolute Gasteiger partial charge is 0.163 e. The van der Waals surface area contributed by atoms with E-state index in [-0.39, 0.29) is 17.9 Å². The van der Waals surface area contributed by atoms with Gasteiger partial charge in [-0.1, -0.05) is 18.2 Å². The zero-order valence-corrected chi connectivity index (χ0v) is 9.87. The van der Waals surface area contributed by atoms with Crippen LogP contribution in [0.4, 0.5) is 14.5 Å². The molecule has 0 saturated carbocycles. The summed E-state index contributed by atoms with van der Waals surface area (Å²) < 4.78 is 26.4. The quantitative estimate of drug-likeness (QED) is 0.871. The van der Waals surface area contributed by atoms with Gasteiger partial charge in [0.2, 0.25) is 0 Å². The van der Waals surface area contributed by atoms with Crippen LogP contribution in [0.5, 0.6) is 5.75 Å². The van der Waals surface area contributed by atoms with Crippen molar-refractivity contribution < 1.29 is 13.9 Å². The summed E-state index contributed by atoms with van der Waals surface area (Å²) in [6, 6.07) is 9.12. The first-order valence-corrected chi connectivity index (χ1v) is 5.54. The molecule has 2 N–H and O–H groups in total. The fourth-order valence-electron chi connectivity index (χ4n) is 1.60. The molecule has 2 rings (SSSR count). The van der Waals surface area contributed by atoms with E-state index < -0.39 is 11.6 Å². The molecule has 0 aliphatic heterocycles. The second-order valence-corrected chi connectivity index (χ2v) is 4.07. The Morgan fingerprint density at radius 1 is 1.17 bits per heavy atom. The van der Waals surface area contributed by atoms with Crippen molar-refractivity contribution in [2.75, 3.05) is 5.32 Å². The maximum atomic E-state index is 13.4. The first kappa shape index (κ1) is 12.4. The molecule has 4 heteroatoms. The molecule has 2 nitrogen and oxygen atoms in total. The molecule has 0 aromatic heterocycles. The molecule has 0 radical (unpaired) electrons. The number of nitrogens with one attached hydrogen (secondary N) is 1.